The molecule has 0 unspecified atom stereocenters. The van der Waals surface area contributed by atoms with E-state index in [4.69, 9.17) is 5.73 Å². The zero-order valence-corrected chi connectivity index (χ0v) is 14.6. The fourth-order valence-electron chi connectivity index (χ4n) is 3.11. The van der Waals surface area contributed by atoms with Crippen molar-refractivity contribution in [1.82, 2.24) is 0 Å². The molecule has 2 aromatic carbocycles. The first-order valence-corrected chi connectivity index (χ1v) is 8.37. The highest BCUT2D eigenvalue weighted by Gasteiger charge is 2.28. The van der Waals surface area contributed by atoms with E-state index in [1.165, 1.54) is 5.56 Å². The zero-order chi connectivity index (χ0) is 18.7. The number of nitrogens with zero attached hydrogens (tertiary/aromatic N) is 2. The highest BCUT2D eigenvalue weighted by atomic mass is 16.2. The van der Waals surface area contributed by atoms with Crippen molar-refractivity contribution in [2.45, 2.75) is 6.92 Å². The second kappa shape index (κ2) is 7.31. The number of aryl methyl sites for hydroxylation is 1. The number of nitrogens with two attached hydrogens (primary N) is 1. The molecule has 0 aliphatic carbocycles. The number of hydrogen-bond donors (Lipinski definition) is 2. The van der Waals surface area contributed by atoms with Crippen LogP contribution in [0.4, 0.5) is 11.4 Å². The molecule has 1 heterocycles. The Morgan fingerprint density at radius 1 is 1.12 bits per heavy atom. The number of aliphatic hydroxyl groups is 1. The molecule has 1 aliphatic heterocycles. The molecular weight excluding hydrogens is 330 g/mol. The Morgan fingerprint density at radius 2 is 1.81 bits per heavy atom. The molecule has 6 nitrogen and oxygen atoms in total. The van der Waals surface area contributed by atoms with Crippen LogP contribution in [0.3, 0.4) is 0 Å². The van der Waals surface area contributed by atoms with Gasteiger partial charge in [-0.25, -0.2) is 0 Å². The normalized spacial score (nSPS) is 15.3. The Morgan fingerprint density at radius 3 is 2.42 bits per heavy atom. The number of aliphatic hydroxyl groups excluding tert-OH is 1. The van der Waals surface area contributed by atoms with E-state index in [1.807, 2.05) is 36.1 Å². The van der Waals surface area contributed by atoms with E-state index in [2.05, 4.69) is 0 Å². The number of carbonyl (C=O) groups excluding carboxylic acids is 2. The summed E-state index contributed by atoms with van der Waals surface area (Å²) < 4.78 is 0. The first-order valence-electron chi connectivity index (χ1n) is 8.37. The number of amides is 2. The molecule has 0 spiro atoms. The van der Waals surface area contributed by atoms with Crippen LogP contribution in [-0.2, 0) is 9.59 Å². The van der Waals surface area contributed by atoms with Gasteiger partial charge in [-0.05, 0) is 25.1 Å². The minimum absolute atomic E-state index is 0.0191. The molecule has 3 rings (SSSR count). The number of benzene rings is 2. The Bertz CT molecular complexity index is 859. The summed E-state index contributed by atoms with van der Waals surface area (Å²) in [4.78, 5) is 28.0. The van der Waals surface area contributed by atoms with Crippen LogP contribution in [0.1, 0.15) is 11.1 Å². The van der Waals surface area contributed by atoms with Crippen LogP contribution in [0, 0.1) is 6.92 Å². The standard InChI is InChI=1S/C20H21N3O3/c1-14-6-8-15(9-7-14)22-10-11-23(19(25)12-22)18-5-3-2-4-16(18)17(13-24)20(21)26/h2-9,13,24H,10-12H2,1H3,(H2,21,26)/b17-13-. The lowest BCUT2D eigenvalue weighted by atomic mass is 10.0. The molecule has 1 aliphatic rings. The van der Waals surface area contributed by atoms with Crippen LogP contribution < -0.4 is 15.5 Å². The quantitative estimate of drug-likeness (QED) is 0.653. The minimum Gasteiger partial charge on any atom is -0.515 e. The van der Waals surface area contributed by atoms with E-state index < -0.39 is 5.91 Å². The molecule has 26 heavy (non-hydrogen) atoms. The molecule has 2 aromatic rings. The highest BCUT2D eigenvalue weighted by Crippen LogP contribution is 2.29. The molecule has 0 saturated carbocycles. The third kappa shape index (κ3) is 3.39. The molecule has 2 amide bonds. The van der Waals surface area contributed by atoms with Crippen molar-refractivity contribution in [1.29, 1.82) is 0 Å². The molecule has 134 valence electrons. The smallest absolute Gasteiger partial charge is 0.252 e. The van der Waals surface area contributed by atoms with Crippen LogP contribution in [0.5, 0.6) is 0 Å². The summed E-state index contributed by atoms with van der Waals surface area (Å²) in [7, 11) is 0. The molecule has 0 bridgehead atoms. The van der Waals surface area contributed by atoms with Gasteiger partial charge in [0.25, 0.3) is 5.91 Å². The molecule has 3 N–H and O–H groups in total. The number of anilines is 2. The molecule has 0 atom stereocenters. The van der Waals surface area contributed by atoms with Gasteiger partial charge in [0.2, 0.25) is 5.91 Å². The summed E-state index contributed by atoms with van der Waals surface area (Å²) in [6, 6.07) is 15.0. The monoisotopic (exact) mass is 351 g/mol. The van der Waals surface area contributed by atoms with Gasteiger partial charge in [-0.1, -0.05) is 35.9 Å². The molecule has 6 heteroatoms. The summed E-state index contributed by atoms with van der Waals surface area (Å²) in [5, 5.41) is 9.38. The average molecular weight is 351 g/mol. The van der Waals surface area contributed by atoms with E-state index in [0.717, 1.165) is 5.69 Å². The molecule has 1 saturated heterocycles. The van der Waals surface area contributed by atoms with Gasteiger partial charge in [-0.15, -0.1) is 0 Å². The molecule has 1 fully saturated rings. The van der Waals surface area contributed by atoms with Crippen LogP contribution in [-0.4, -0.2) is 36.6 Å². The molecule has 0 radical (unpaired) electrons. The van der Waals surface area contributed by atoms with Crippen molar-refractivity contribution in [3.63, 3.8) is 0 Å². The second-order valence-electron chi connectivity index (χ2n) is 6.23. The van der Waals surface area contributed by atoms with Crippen molar-refractivity contribution in [2.75, 3.05) is 29.4 Å². The molecular formula is C20H21N3O3. The number of hydrogen-bond acceptors (Lipinski definition) is 4. The van der Waals surface area contributed by atoms with Crippen molar-refractivity contribution < 1.29 is 14.7 Å². The van der Waals surface area contributed by atoms with Crippen LogP contribution in [0.2, 0.25) is 0 Å². The summed E-state index contributed by atoms with van der Waals surface area (Å²) >= 11 is 0. The maximum Gasteiger partial charge on any atom is 0.252 e. The number of carbonyl (C=O) groups is 2. The van der Waals surface area contributed by atoms with Gasteiger partial charge in [0.1, 0.15) is 0 Å². The van der Waals surface area contributed by atoms with Gasteiger partial charge < -0.3 is 20.6 Å². The first kappa shape index (κ1) is 17.5. The largest absolute Gasteiger partial charge is 0.515 e. The maximum atomic E-state index is 12.8. The fraction of sp³-hybridized carbons (Fsp3) is 0.200. The van der Waals surface area contributed by atoms with E-state index in [9.17, 15) is 14.7 Å². The minimum atomic E-state index is -0.745. The lowest BCUT2D eigenvalue weighted by molar-refractivity contribution is -0.118. The van der Waals surface area contributed by atoms with E-state index in [1.54, 1.807) is 29.2 Å². The second-order valence-corrected chi connectivity index (χ2v) is 6.23. The van der Waals surface area contributed by atoms with Crippen molar-refractivity contribution in [3.05, 3.63) is 65.9 Å². The predicted molar refractivity (Wildman–Crippen MR) is 102 cm³/mol. The number of rotatable bonds is 4. The third-order valence-corrected chi connectivity index (χ3v) is 4.50. The van der Waals surface area contributed by atoms with Gasteiger partial charge in [-0.3, -0.25) is 9.59 Å². The SMILES string of the molecule is Cc1ccc(N2CCN(c3ccccc3/C(=C/O)C(N)=O)C(=O)C2)cc1. The van der Waals surface area contributed by atoms with Gasteiger partial charge in [0, 0.05) is 24.3 Å². The predicted octanol–water partition coefficient (Wildman–Crippen LogP) is 2.23. The van der Waals surface area contributed by atoms with Gasteiger partial charge >= 0.3 is 0 Å². The summed E-state index contributed by atoms with van der Waals surface area (Å²) in [6.45, 7) is 3.40. The van der Waals surface area contributed by atoms with E-state index in [0.29, 0.717) is 30.6 Å². The summed E-state index contributed by atoms with van der Waals surface area (Å²) in [5.74, 6) is -0.822. The van der Waals surface area contributed by atoms with E-state index >= 15 is 0 Å². The number of primary amides is 1. The van der Waals surface area contributed by atoms with Gasteiger partial charge in [0.05, 0.1) is 24.1 Å². The van der Waals surface area contributed by atoms with Crippen LogP contribution in [0.15, 0.2) is 54.8 Å². The Hall–Kier alpha value is -3.28. The van der Waals surface area contributed by atoms with Crippen LogP contribution in [0.25, 0.3) is 5.57 Å². The lowest BCUT2D eigenvalue weighted by Crippen LogP contribution is -2.51. The van der Waals surface area contributed by atoms with Crippen molar-refractivity contribution in [2.24, 2.45) is 5.73 Å². The van der Waals surface area contributed by atoms with Crippen LogP contribution >= 0.6 is 0 Å². The Balaban J connectivity index is 1.86. The highest BCUT2D eigenvalue weighted by molar-refractivity contribution is 6.20. The Labute approximate surface area is 152 Å². The van der Waals surface area contributed by atoms with Crippen molar-refractivity contribution in [3.8, 4) is 0 Å². The lowest BCUT2D eigenvalue weighted by Gasteiger charge is -2.36. The maximum absolute atomic E-state index is 12.8. The third-order valence-electron chi connectivity index (χ3n) is 4.50. The average Bonchev–Trinajstić information content (AvgIpc) is 2.63. The Kier molecular flexibility index (Phi) is 4.93. The van der Waals surface area contributed by atoms with Gasteiger partial charge in [0.15, 0.2) is 0 Å². The topological polar surface area (TPSA) is 86.9 Å². The molecule has 0 aromatic heterocycles. The number of para-hydroxylation sites is 1. The fourth-order valence-corrected chi connectivity index (χ4v) is 3.11. The van der Waals surface area contributed by atoms with E-state index in [-0.39, 0.29) is 18.0 Å². The van der Waals surface area contributed by atoms with Crippen molar-refractivity contribution >= 4 is 28.8 Å². The number of piperazine rings is 1. The zero-order valence-electron chi connectivity index (χ0n) is 14.6. The summed E-state index contributed by atoms with van der Waals surface area (Å²) in [5.41, 5.74) is 8.51. The summed E-state index contributed by atoms with van der Waals surface area (Å²) in [6.07, 6.45) is 0.689. The van der Waals surface area contributed by atoms with Gasteiger partial charge in [-0.2, -0.15) is 0 Å². The first-order chi connectivity index (χ1) is 12.5.